The molecule has 2 atom stereocenters. The largest absolute Gasteiger partial charge is 0.466 e. The van der Waals surface area contributed by atoms with Crippen LogP contribution in [0.5, 0.6) is 0 Å². The standard InChI is InChI=1S/C15H26N2O4/c1-3-21-15(19)13-5-4-6-17(11-13)12(2)14(18)16-7-9-20-10-8-16/h12-13H,3-11H2,1-2H3/t12?,13-/m0/s1. The van der Waals surface area contributed by atoms with Crippen LogP contribution >= 0.6 is 0 Å². The summed E-state index contributed by atoms with van der Waals surface area (Å²) >= 11 is 0. The van der Waals surface area contributed by atoms with Crippen LogP contribution < -0.4 is 0 Å². The number of morpholine rings is 1. The topological polar surface area (TPSA) is 59.1 Å². The van der Waals surface area contributed by atoms with E-state index >= 15 is 0 Å². The first-order valence-corrected chi connectivity index (χ1v) is 7.90. The van der Waals surface area contributed by atoms with Crippen LogP contribution in [0.1, 0.15) is 26.7 Å². The first kappa shape index (κ1) is 16.2. The fourth-order valence-corrected chi connectivity index (χ4v) is 3.01. The molecule has 0 aromatic rings. The maximum absolute atomic E-state index is 12.5. The van der Waals surface area contributed by atoms with Gasteiger partial charge in [-0.1, -0.05) is 0 Å². The zero-order chi connectivity index (χ0) is 15.2. The van der Waals surface area contributed by atoms with Crippen LogP contribution in [-0.4, -0.2) is 73.7 Å². The number of likely N-dealkylation sites (tertiary alicyclic amines) is 1. The van der Waals surface area contributed by atoms with Gasteiger partial charge in [-0.2, -0.15) is 0 Å². The number of carbonyl (C=O) groups excluding carboxylic acids is 2. The maximum atomic E-state index is 12.5. The molecule has 0 saturated carbocycles. The minimum atomic E-state index is -0.180. The quantitative estimate of drug-likeness (QED) is 0.708. The van der Waals surface area contributed by atoms with Crippen molar-refractivity contribution < 1.29 is 19.1 Å². The van der Waals surface area contributed by atoms with Crippen molar-refractivity contribution in [3.63, 3.8) is 0 Å². The maximum Gasteiger partial charge on any atom is 0.310 e. The van der Waals surface area contributed by atoms with Crippen LogP contribution in [0.25, 0.3) is 0 Å². The Morgan fingerprint density at radius 1 is 1.29 bits per heavy atom. The van der Waals surface area contributed by atoms with E-state index in [0.29, 0.717) is 39.5 Å². The Balaban J connectivity index is 1.90. The molecule has 0 N–H and O–H groups in total. The van der Waals surface area contributed by atoms with Gasteiger partial charge in [0.05, 0.1) is 31.8 Å². The van der Waals surface area contributed by atoms with E-state index in [-0.39, 0.29) is 23.8 Å². The molecule has 6 nitrogen and oxygen atoms in total. The Labute approximate surface area is 126 Å². The van der Waals surface area contributed by atoms with Crippen molar-refractivity contribution in [3.05, 3.63) is 0 Å². The molecule has 120 valence electrons. The third-order valence-corrected chi connectivity index (χ3v) is 4.30. The molecule has 0 spiro atoms. The number of hydrogen-bond donors (Lipinski definition) is 0. The summed E-state index contributed by atoms with van der Waals surface area (Å²) in [5.41, 5.74) is 0. The molecule has 2 fully saturated rings. The number of amides is 1. The van der Waals surface area contributed by atoms with Gasteiger partial charge in [0.25, 0.3) is 0 Å². The van der Waals surface area contributed by atoms with Gasteiger partial charge in [-0.3, -0.25) is 14.5 Å². The number of rotatable bonds is 4. The van der Waals surface area contributed by atoms with Gasteiger partial charge in [0, 0.05) is 19.6 Å². The predicted octanol–water partition coefficient (Wildman–Crippen LogP) is 0.509. The molecule has 0 aliphatic carbocycles. The molecule has 1 unspecified atom stereocenters. The van der Waals surface area contributed by atoms with Crippen LogP contribution in [0, 0.1) is 5.92 Å². The van der Waals surface area contributed by atoms with Gasteiger partial charge in [0.1, 0.15) is 0 Å². The number of hydrogen-bond acceptors (Lipinski definition) is 5. The minimum absolute atomic E-state index is 0.0985. The molecule has 0 bridgehead atoms. The Kier molecular flexibility index (Phi) is 5.99. The van der Waals surface area contributed by atoms with E-state index in [2.05, 4.69) is 4.90 Å². The van der Waals surface area contributed by atoms with Gasteiger partial charge in [0.2, 0.25) is 5.91 Å². The normalized spacial score (nSPS) is 25.4. The van der Waals surface area contributed by atoms with Gasteiger partial charge in [0.15, 0.2) is 0 Å². The number of nitrogens with zero attached hydrogens (tertiary/aromatic N) is 2. The lowest BCUT2D eigenvalue weighted by molar-refractivity contribution is -0.152. The average Bonchev–Trinajstić information content (AvgIpc) is 2.54. The Bertz CT molecular complexity index is 369. The van der Waals surface area contributed by atoms with Gasteiger partial charge >= 0.3 is 5.97 Å². The zero-order valence-electron chi connectivity index (χ0n) is 13.0. The monoisotopic (exact) mass is 298 g/mol. The summed E-state index contributed by atoms with van der Waals surface area (Å²) in [6, 6.07) is -0.180. The summed E-state index contributed by atoms with van der Waals surface area (Å²) in [5.74, 6) is -0.0883. The Morgan fingerprint density at radius 3 is 2.67 bits per heavy atom. The first-order valence-electron chi connectivity index (χ1n) is 7.90. The number of esters is 1. The average molecular weight is 298 g/mol. The van der Waals surface area contributed by atoms with E-state index in [1.54, 1.807) is 0 Å². The SMILES string of the molecule is CCOC(=O)[C@H]1CCCN(C(C)C(=O)N2CCOCC2)C1. The molecule has 2 saturated heterocycles. The molecule has 2 aliphatic heterocycles. The van der Waals surface area contributed by atoms with Crippen molar-refractivity contribution in [2.45, 2.75) is 32.7 Å². The lowest BCUT2D eigenvalue weighted by Gasteiger charge is -2.38. The van der Waals surface area contributed by atoms with Crippen LogP contribution in [0.2, 0.25) is 0 Å². The zero-order valence-corrected chi connectivity index (χ0v) is 13.0. The second kappa shape index (κ2) is 7.75. The summed E-state index contributed by atoms with van der Waals surface area (Å²) in [7, 11) is 0. The highest BCUT2D eigenvalue weighted by atomic mass is 16.5. The van der Waals surface area contributed by atoms with E-state index < -0.39 is 0 Å². The summed E-state index contributed by atoms with van der Waals surface area (Å²) in [6.07, 6.45) is 1.79. The summed E-state index contributed by atoms with van der Waals surface area (Å²) in [6.45, 7) is 8.22. The smallest absolute Gasteiger partial charge is 0.310 e. The van der Waals surface area contributed by atoms with Crippen LogP contribution in [-0.2, 0) is 19.1 Å². The Morgan fingerprint density at radius 2 is 2.00 bits per heavy atom. The lowest BCUT2D eigenvalue weighted by Crippen LogP contribution is -2.53. The summed E-state index contributed by atoms with van der Waals surface area (Å²) in [5, 5.41) is 0. The minimum Gasteiger partial charge on any atom is -0.466 e. The van der Waals surface area contributed by atoms with Crippen molar-refractivity contribution in [3.8, 4) is 0 Å². The van der Waals surface area contributed by atoms with E-state index in [1.807, 2.05) is 18.7 Å². The molecule has 0 aromatic heterocycles. The van der Waals surface area contributed by atoms with Gasteiger partial charge in [-0.05, 0) is 33.2 Å². The molecule has 6 heteroatoms. The highest BCUT2D eigenvalue weighted by molar-refractivity contribution is 5.81. The van der Waals surface area contributed by atoms with E-state index in [0.717, 1.165) is 19.4 Å². The third kappa shape index (κ3) is 4.17. The first-order chi connectivity index (χ1) is 10.1. The van der Waals surface area contributed by atoms with Crippen molar-refractivity contribution in [1.82, 2.24) is 9.80 Å². The van der Waals surface area contributed by atoms with Crippen molar-refractivity contribution in [2.24, 2.45) is 5.92 Å². The predicted molar refractivity (Wildman–Crippen MR) is 77.8 cm³/mol. The molecule has 0 radical (unpaired) electrons. The van der Waals surface area contributed by atoms with Gasteiger partial charge in [-0.15, -0.1) is 0 Å². The second-order valence-electron chi connectivity index (χ2n) is 5.70. The fraction of sp³-hybridized carbons (Fsp3) is 0.867. The molecule has 21 heavy (non-hydrogen) atoms. The molecular formula is C15H26N2O4. The van der Waals surface area contributed by atoms with E-state index in [1.165, 1.54) is 0 Å². The molecule has 0 aromatic carbocycles. The van der Waals surface area contributed by atoms with Crippen LogP contribution in [0.3, 0.4) is 0 Å². The summed E-state index contributed by atoms with van der Waals surface area (Å²) in [4.78, 5) is 28.4. The van der Waals surface area contributed by atoms with Gasteiger partial charge in [-0.25, -0.2) is 0 Å². The Hall–Kier alpha value is -1.14. The van der Waals surface area contributed by atoms with Gasteiger partial charge < -0.3 is 14.4 Å². The fourth-order valence-electron chi connectivity index (χ4n) is 3.01. The molecule has 2 rings (SSSR count). The van der Waals surface area contributed by atoms with Crippen molar-refractivity contribution >= 4 is 11.9 Å². The highest BCUT2D eigenvalue weighted by Gasteiger charge is 2.33. The molecular weight excluding hydrogens is 272 g/mol. The van der Waals surface area contributed by atoms with E-state index in [4.69, 9.17) is 9.47 Å². The number of ether oxygens (including phenoxy) is 2. The van der Waals surface area contributed by atoms with Crippen LogP contribution in [0.15, 0.2) is 0 Å². The number of piperidine rings is 1. The lowest BCUT2D eigenvalue weighted by atomic mass is 9.96. The van der Waals surface area contributed by atoms with Crippen molar-refractivity contribution in [1.29, 1.82) is 0 Å². The van der Waals surface area contributed by atoms with E-state index in [9.17, 15) is 9.59 Å². The van der Waals surface area contributed by atoms with Crippen LogP contribution in [0.4, 0.5) is 0 Å². The third-order valence-electron chi connectivity index (χ3n) is 4.30. The molecule has 1 amide bonds. The number of carbonyl (C=O) groups is 2. The van der Waals surface area contributed by atoms with Crippen molar-refractivity contribution in [2.75, 3.05) is 46.0 Å². The molecule has 2 heterocycles. The molecule has 2 aliphatic rings. The second-order valence-corrected chi connectivity index (χ2v) is 5.70. The highest BCUT2D eigenvalue weighted by Crippen LogP contribution is 2.20. The summed E-state index contributed by atoms with van der Waals surface area (Å²) < 4.78 is 10.4.